The molecule has 1 aromatic rings. The number of nitrogens with one attached hydrogen (secondary N) is 1. The van der Waals surface area contributed by atoms with Gasteiger partial charge in [0.05, 0.1) is 10.5 Å². The summed E-state index contributed by atoms with van der Waals surface area (Å²) in [4.78, 5) is 11.3. The van der Waals surface area contributed by atoms with Gasteiger partial charge >= 0.3 is 0 Å². The maximum atomic E-state index is 13.7. The third-order valence-electron chi connectivity index (χ3n) is 2.77. The minimum Gasteiger partial charge on any atom is -0.352 e. The van der Waals surface area contributed by atoms with Crippen molar-refractivity contribution in [1.29, 1.82) is 0 Å². The SMILES string of the molecule is CCC(C)CNC(=O)c1ccc(S(=O)(=O)Cl)cc1F. The minimum absolute atomic E-state index is 0.202. The van der Waals surface area contributed by atoms with E-state index in [4.69, 9.17) is 10.7 Å². The quantitative estimate of drug-likeness (QED) is 0.850. The van der Waals surface area contributed by atoms with Gasteiger partial charge in [-0.15, -0.1) is 0 Å². The maximum Gasteiger partial charge on any atom is 0.261 e. The second-order valence-corrected chi connectivity index (χ2v) is 6.87. The first kappa shape index (κ1) is 15.9. The molecule has 4 nitrogen and oxygen atoms in total. The third kappa shape index (κ3) is 4.47. The molecule has 0 saturated heterocycles. The van der Waals surface area contributed by atoms with Crippen LogP contribution in [0.1, 0.15) is 30.6 Å². The van der Waals surface area contributed by atoms with Crippen LogP contribution < -0.4 is 5.32 Å². The van der Waals surface area contributed by atoms with E-state index in [9.17, 15) is 17.6 Å². The fraction of sp³-hybridized carbons (Fsp3) is 0.417. The van der Waals surface area contributed by atoms with Crippen LogP contribution in [0.25, 0.3) is 0 Å². The summed E-state index contributed by atoms with van der Waals surface area (Å²) >= 11 is 0. The molecule has 106 valence electrons. The summed E-state index contributed by atoms with van der Waals surface area (Å²) in [5, 5.41) is 2.59. The first-order valence-corrected chi connectivity index (χ1v) is 8.09. The highest BCUT2D eigenvalue weighted by Crippen LogP contribution is 2.18. The lowest BCUT2D eigenvalue weighted by molar-refractivity contribution is 0.0943. The molecular formula is C12H15ClFNO3S. The average molecular weight is 308 g/mol. The molecule has 7 heteroatoms. The van der Waals surface area contributed by atoms with Crippen molar-refractivity contribution < 1.29 is 17.6 Å². The van der Waals surface area contributed by atoms with Gasteiger partial charge < -0.3 is 5.32 Å². The van der Waals surface area contributed by atoms with Crippen LogP contribution in [0.4, 0.5) is 4.39 Å². The lowest BCUT2D eigenvalue weighted by atomic mass is 10.1. The van der Waals surface area contributed by atoms with Crippen molar-refractivity contribution in [3.63, 3.8) is 0 Å². The molecule has 0 bridgehead atoms. The first-order valence-electron chi connectivity index (χ1n) is 5.78. The van der Waals surface area contributed by atoms with Gasteiger partial charge in [0, 0.05) is 17.2 Å². The summed E-state index contributed by atoms with van der Waals surface area (Å²) in [5.41, 5.74) is -0.202. The zero-order valence-corrected chi connectivity index (χ0v) is 12.2. The maximum absolute atomic E-state index is 13.7. The largest absolute Gasteiger partial charge is 0.352 e. The van der Waals surface area contributed by atoms with Gasteiger partial charge in [0.2, 0.25) is 0 Å². The molecule has 1 rings (SSSR count). The molecule has 0 aromatic heterocycles. The molecule has 0 aliphatic carbocycles. The predicted molar refractivity (Wildman–Crippen MR) is 71.2 cm³/mol. The summed E-state index contributed by atoms with van der Waals surface area (Å²) < 4.78 is 35.7. The predicted octanol–water partition coefficient (Wildman–Crippen LogP) is 2.53. The Morgan fingerprint density at radius 1 is 1.47 bits per heavy atom. The van der Waals surface area contributed by atoms with Crippen LogP contribution in [0.5, 0.6) is 0 Å². The Morgan fingerprint density at radius 3 is 2.58 bits per heavy atom. The van der Waals surface area contributed by atoms with Crippen LogP contribution in [-0.4, -0.2) is 20.9 Å². The van der Waals surface area contributed by atoms with Crippen molar-refractivity contribution in [3.05, 3.63) is 29.6 Å². The van der Waals surface area contributed by atoms with Gasteiger partial charge in [-0.3, -0.25) is 4.79 Å². The van der Waals surface area contributed by atoms with E-state index < -0.39 is 20.8 Å². The van der Waals surface area contributed by atoms with Crippen molar-refractivity contribution in [2.24, 2.45) is 5.92 Å². The second-order valence-electron chi connectivity index (χ2n) is 4.30. The van der Waals surface area contributed by atoms with Crippen molar-refractivity contribution >= 4 is 25.6 Å². The molecule has 0 aliphatic rings. The molecular weight excluding hydrogens is 293 g/mol. The number of carbonyl (C=O) groups is 1. The molecule has 1 amide bonds. The lowest BCUT2D eigenvalue weighted by Crippen LogP contribution is -2.28. The molecule has 1 atom stereocenters. The van der Waals surface area contributed by atoms with Crippen molar-refractivity contribution in [1.82, 2.24) is 5.32 Å². The lowest BCUT2D eigenvalue weighted by Gasteiger charge is -2.10. The molecule has 1 N–H and O–H groups in total. The number of benzene rings is 1. The first-order chi connectivity index (χ1) is 8.75. The normalized spacial score (nSPS) is 13.1. The fourth-order valence-electron chi connectivity index (χ4n) is 1.34. The number of rotatable bonds is 5. The molecule has 1 unspecified atom stereocenters. The Hall–Kier alpha value is -1.14. The smallest absolute Gasteiger partial charge is 0.261 e. The van der Waals surface area contributed by atoms with E-state index in [-0.39, 0.29) is 16.4 Å². The highest BCUT2D eigenvalue weighted by molar-refractivity contribution is 8.13. The molecule has 0 saturated carbocycles. The Bertz CT molecular complexity index is 574. The van der Waals surface area contributed by atoms with Crippen LogP contribution in [0.3, 0.4) is 0 Å². The second kappa shape index (κ2) is 6.34. The molecule has 1 aromatic carbocycles. The van der Waals surface area contributed by atoms with Gasteiger partial charge in [0.25, 0.3) is 15.0 Å². The zero-order valence-electron chi connectivity index (χ0n) is 10.6. The van der Waals surface area contributed by atoms with E-state index in [0.717, 1.165) is 24.6 Å². The van der Waals surface area contributed by atoms with Crippen LogP contribution >= 0.6 is 10.7 Å². The highest BCUT2D eigenvalue weighted by atomic mass is 35.7. The van der Waals surface area contributed by atoms with Gasteiger partial charge in [0.1, 0.15) is 5.82 Å². The zero-order chi connectivity index (χ0) is 14.6. The topological polar surface area (TPSA) is 63.2 Å². The summed E-state index contributed by atoms with van der Waals surface area (Å²) in [6, 6.07) is 2.95. The van der Waals surface area contributed by atoms with Crippen LogP contribution in [-0.2, 0) is 9.05 Å². The van der Waals surface area contributed by atoms with Gasteiger partial charge in [-0.25, -0.2) is 12.8 Å². The molecule has 19 heavy (non-hydrogen) atoms. The Morgan fingerprint density at radius 2 is 2.11 bits per heavy atom. The molecule has 0 heterocycles. The monoisotopic (exact) mass is 307 g/mol. The Kier molecular flexibility index (Phi) is 5.31. The van der Waals surface area contributed by atoms with E-state index in [1.807, 2.05) is 13.8 Å². The number of hydrogen-bond acceptors (Lipinski definition) is 3. The number of hydrogen-bond donors (Lipinski definition) is 1. The van der Waals surface area contributed by atoms with Gasteiger partial charge in [-0.05, 0) is 24.1 Å². The van der Waals surface area contributed by atoms with Crippen LogP contribution in [0, 0.1) is 11.7 Å². The van der Waals surface area contributed by atoms with E-state index >= 15 is 0 Å². The van der Waals surface area contributed by atoms with Crippen molar-refractivity contribution in [2.45, 2.75) is 25.2 Å². The average Bonchev–Trinajstić information content (AvgIpc) is 2.34. The van der Waals surface area contributed by atoms with E-state index in [1.165, 1.54) is 0 Å². The molecule has 0 radical (unpaired) electrons. The number of carbonyl (C=O) groups excluding carboxylic acids is 1. The highest BCUT2D eigenvalue weighted by Gasteiger charge is 2.17. The van der Waals surface area contributed by atoms with Crippen molar-refractivity contribution in [2.75, 3.05) is 6.54 Å². The third-order valence-corrected chi connectivity index (χ3v) is 4.13. The number of amides is 1. The van der Waals surface area contributed by atoms with Gasteiger partial charge in [-0.1, -0.05) is 20.3 Å². The van der Waals surface area contributed by atoms with Crippen LogP contribution in [0.15, 0.2) is 23.1 Å². The summed E-state index contributed by atoms with van der Waals surface area (Å²) in [6.45, 7) is 4.38. The molecule has 0 spiro atoms. The summed E-state index contributed by atoms with van der Waals surface area (Å²) in [7, 11) is 1.09. The van der Waals surface area contributed by atoms with E-state index in [1.54, 1.807) is 0 Å². The van der Waals surface area contributed by atoms with Gasteiger partial charge in [0.15, 0.2) is 0 Å². The van der Waals surface area contributed by atoms with Gasteiger partial charge in [-0.2, -0.15) is 0 Å². The summed E-state index contributed by atoms with van der Waals surface area (Å²) in [6.07, 6.45) is 0.895. The van der Waals surface area contributed by atoms with E-state index in [2.05, 4.69) is 5.32 Å². The number of halogens is 2. The molecule has 0 aliphatic heterocycles. The fourth-order valence-corrected chi connectivity index (χ4v) is 2.10. The Balaban J connectivity index is 2.88. The Labute approximate surface area is 116 Å². The van der Waals surface area contributed by atoms with Crippen molar-refractivity contribution in [3.8, 4) is 0 Å². The minimum atomic E-state index is -4.00. The standard InChI is InChI=1S/C12H15ClFNO3S/c1-3-8(2)7-15-12(16)10-5-4-9(6-11(10)14)19(13,17)18/h4-6,8H,3,7H2,1-2H3,(H,15,16). The van der Waals surface area contributed by atoms with Crippen LogP contribution in [0.2, 0.25) is 0 Å². The van der Waals surface area contributed by atoms with E-state index in [0.29, 0.717) is 6.54 Å². The summed E-state index contributed by atoms with van der Waals surface area (Å²) in [5.74, 6) is -1.20. The molecule has 0 fully saturated rings.